The number of hydrogen-bond donors (Lipinski definition) is 0. The van der Waals surface area contributed by atoms with Gasteiger partial charge >= 0.3 is 0 Å². The Hall–Kier alpha value is -1.61. The average Bonchev–Trinajstić information content (AvgIpc) is 2.85. The number of benzene rings is 1. The minimum Gasteiger partial charge on any atom is -0.222 e. The van der Waals surface area contributed by atoms with Crippen LogP contribution in [0.15, 0.2) is 41.8 Å². The zero-order valence-corrected chi connectivity index (χ0v) is 8.16. The van der Waals surface area contributed by atoms with Gasteiger partial charge in [-0.3, -0.25) is 0 Å². The molecule has 0 unspecified atom stereocenters. The maximum absolute atomic E-state index is 4.24. The Kier molecular flexibility index (Phi) is 1.64. The summed E-state index contributed by atoms with van der Waals surface area (Å²) in [6.07, 6.45) is 3.00. The molecule has 67 valence electrons. The van der Waals surface area contributed by atoms with E-state index in [2.05, 4.69) is 23.4 Å². The van der Waals surface area contributed by atoms with Crippen LogP contribution < -0.4 is 0 Å². The number of nitrogens with zero attached hydrogens (tertiary/aromatic N) is 2. The molecule has 14 heavy (non-hydrogen) atoms. The molecule has 3 aromatic rings. The third-order valence-electron chi connectivity index (χ3n) is 2.12. The standard InChI is InChI=1S/C11H7N2S/c1-2-5-10-9(4-1)8-12-13(10)11-6-3-7-14-11/h1-7H. The van der Waals surface area contributed by atoms with Gasteiger partial charge in [-0.2, -0.15) is 5.10 Å². The summed E-state index contributed by atoms with van der Waals surface area (Å²) in [5.41, 5.74) is 1.11. The van der Waals surface area contributed by atoms with Crippen molar-refractivity contribution in [1.29, 1.82) is 0 Å². The Balaban J connectivity index is 2.33. The van der Waals surface area contributed by atoms with Gasteiger partial charge in [0.2, 0.25) is 0 Å². The van der Waals surface area contributed by atoms with Crippen molar-refractivity contribution in [2.75, 3.05) is 0 Å². The van der Waals surface area contributed by atoms with Gasteiger partial charge in [-0.25, -0.2) is 4.68 Å². The van der Waals surface area contributed by atoms with E-state index in [0.717, 1.165) is 15.9 Å². The highest BCUT2D eigenvalue weighted by molar-refractivity contribution is 7.12. The molecule has 2 aromatic heterocycles. The first-order valence-corrected chi connectivity index (χ1v) is 5.22. The summed E-state index contributed by atoms with van der Waals surface area (Å²) < 4.78 is 1.92. The SMILES string of the molecule is [c]1nn(-c2cccs2)c2ccccc12. The van der Waals surface area contributed by atoms with Crippen molar-refractivity contribution in [3.63, 3.8) is 0 Å². The van der Waals surface area contributed by atoms with E-state index in [1.807, 2.05) is 34.3 Å². The molecule has 0 atom stereocenters. The number of para-hydroxylation sites is 1. The predicted molar refractivity (Wildman–Crippen MR) is 57.8 cm³/mol. The van der Waals surface area contributed by atoms with Crippen LogP contribution in [-0.4, -0.2) is 9.78 Å². The topological polar surface area (TPSA) is 17.8 Å². The molecule has 0 amide bonds. The first-order valence-electron chi connectivity index (χ1n) is 4.34. The van der Waals surface area contributed by atoms with Crippen molar-refractivity contribution in [3.05, 3.63) is 48.0 Å². The molecule has 2 nitrogen and oxygen atoms in total. The van der Waals surface area contributed by atoms with Crippen molar-refractivity contribution in [1.82, 2.24) is 9.78 Å². The largest absolute Gasteiger partial charge is 0.222 e. The normalized spacial score (nSPS) is 10.9. The van der Waals surface area contributed by atoms with Gasteiger partial charge in [0.25, 0.3) is 0 Å². The van der Waals surface area contributed by atoms with Gasteiger partial charge in [0.1, 0.15) is 11.2 Å². The average molecular weight is 199 g/mol. The van der Waals surface area contributed by atoms with Gasteiger partial charge in [-0.05, 0) is 23.6 Å². The van der Waals surface area contributed by atoms with Crippen LogP contribution in [0, 0.1) is 6.20 Å². The van der Waals surface area contributed by atoms with Crippen molar-refractivity contribution in [2.24, 2.45) is 0 Å². The van der Waals surface area contributed by atoms with Crippen LogP contribution in [0.2, 0.25) is 0 Å². The lowest BCUT2D eigenvalue weighted by Gasteiger charge is -1.97. The molecule has 0 saturated heterocycles. The van der Waals surface area contributed by atoms with E-state index in [4.69, 9.17) is 0 Å². The van der Waals surface area contributed by atoms with Gasteiger partial charge < -0.3 is 0 Å². The fraction of sp³-hybridized carbons (Fsp3) is 0. The first kappa shape index (κ1) is 7.76. The number of fused-ring (bicyclic) bond motifs is 1. The summed E-state index contributed by atoms with van der Waals surface area (Å²) in [6.45, 7) is 0. The smallest absolute Gasteiger partial charge is 0.122 e. The zero-order chi connectivity index (χ0) is 9.38. The van der Waals surface area contributed by atoms with Gasteiger partial charge in [-0.1, -0.05) is 18.2 Å². The maximum atomic E-state index is 4.24. The van der Waals surface area contributed by atoms with Crippen LogP contribution >= 0.6 is 11.3 Å². The molecule has 3 rings (SSSR count). The van der Waals surface area contributed by atoms with Gasteiger partial charge in [-0.15, -0.1) is 11.3 Å². The zero-order valence-electron chi connectivity index (χ0n) is 7.34. The van der Waals surface area contributed by atoms with E-state index in [0.29, 0.717) is 0 Å². The van der Waals surface area contributed by atoms with E-state index in [1.54, 1.807) is 11.3 Å². The Morgan fingerprint density at radius 3 is 2.93 bits per heavy atom. The lowest BCUT2D eigenvalue weighted by molar-refractivity contribution is 0.924. The summed E-state index contributed by atoms with van der Waals surface area (Å²) in [6, 6.07) is 12.2. The lowest BCUT2D eigenvalue weighted by atomic mass is 10.3. The maximum Gasteiger partial charge on any atom is 0.122 e. The van der Waals surface area contributed by atoms with Crippen molar-refractivity contribution < 1.29 is 0 Å². The van der Waals surface area contributed by atoms with E-state index in [1.165, 1.54) is 0 Å². The number of aromatic nitrogens is 2. The van der Waals surface area contributed by atoms with Crippen molar-refractivity contribution in [3.8, 4) is 5.00 Å². The minimum atomic E-state index is 1.06. The minimum absolute atomic E-state index is 1.06. The van der Waals surface area contributed by atoms with Crippen LogP contribution in [0.4, 0.5) is 0 Å². The third-order valence-corrected chi connectivity index (χ3v) is 2.96. The molecule has 3 heteroatoms. The summed E-state index contributed by atoms with van der Waals surface area (Å²) in [7, 11) is 0. The van der Waals surface area contributed by atoms with Crippen LogP contribution in [0.1, 0.15) is 0 Å². The summed E-state index contributed by atoms with van der Waals surface area (Å²) in [5.74, 6) is 0. The molecule has 2 heterocycles. The highest BCUT2D eigenvalue weighted by Gasteiger charge is 2.03. The fourth-order valence-corrected chi connectivity index (χ4v) is 2.16. The van der Waals surface area contributed by atoms with Crippen molar-refractivity contribution >= 4 is 22.2 Å². The van der Waals surface area contributed by atoms with Crippen LogP contribution in [0.5, 0.6) is 0 Å². The Bertz CT molecular complexity index is 551. The molecular weight excluding hydrogens is 192 g/mol. The molecule has 0 N–H and O–H groups in total. The number of thiophene rings is 1. The van der Waals surface area contributed by atoms with E-state index in [-0.39, 0.29) is 0 Å². The molecule has 1 aromatic carbocycles. The summed E-state index contributed by atoms with van der Waals surface area (Å²) in [4.78, 5) is 0. The molecule has 0 fully saturated rings. The second kappa shape index (κ2) is 2.96. The third kappa shape index (κ3) is 1.06. The molecule has 0 aliphatic rings. The number of rotatable bonds is 1. The van der Waals surface area contributed by atoms with Crippen LogP contribution in [0.25, 0.3) is 15.9 Å². The quantitative estimate of drug-likeness (QED) is 0.589. The molecule has 0 saturated carbocycles. The molecular formula is C11H7N2S. The highest BCUT2D eigenvalue weighted by Crippen LogP contribution is 2.20. The molecule has 0 spiro atoms. The lowest BCUT2D eigenvalue weighted by Crippen LogP contribution is -1.91. The summed E-state index contributed by atoms with van der Waals surface area (Å²) in [5, 5.41) is 8.47. The second-order valence-corrected chi connectivity index (χ2v) is 3.92. The predicted octanol–water partition coefficient (Wildman–Crippen LogP) is 2.89. The van der Waals surface area contributed by atoms with Crippen LogP contribution in [0.3, 0.4) is 0 Å². The Labute approximate surface area is 85.4 Å². The van der Waals surface area contributed by atoms with Gasteiger partial charge in [0.05, 0.1) is 5.52 Å². The van der Waals surface area contributed by atoms with E-state index >= 15 is 0 Å². The molecule has 0 aliphatic carbocycles. The van der Waals surface area contributed by atoms with E-state index in [9.17, 15) is 0 Å². The second-order valence-electron chi connectivity index (χ2n) is 2.99. The molecule has 0 aliphatic heterocycles. The first-order chi connectivity index (χ1) is 6.95. The summed E-state index contributed by atoms with van der Waals surface area (Å²) >= 11 is 1.68. The van der Waals surface area contributed by atoms with Crippen molar-refractivity contribution in [2.45, 2.75) is 0 Å². The highest BCUT2D eigenvalue weighted by atomic mass is 32.1. The Morgan fingerprint density at radius 2 is 2.07 bits per heavy atom. The molecule has 0 bridgehead atoms. The number of hydrogen-bond acceptors (Lipinski definition) is 2. The van der Waals surface area contributed by atoms with Crippen LogP contribution in [-0.2, 0) is 0 Å². The fourth-order valence-electron chi connectivity index (χ4n) is 1.47. The Morgan fingerprint density at radius 1 is 1.14 bits per heavy atom. The monoisotopic (exact) mass is 199 g/mol. The van der Waals surface area contributed by atoms with Gasteiger partial charge in [0, 0.05) is 5.39 Å². The molecule has 1 radical (unpaired) electrons. The van der Waals surface area contributed by atoms with Gasteiger partial charge in [0.15, 0.2) is 0 Å². The van der Waals surface area contributed by atoms with E-state index < -0.39 is 0 Å².